The summed E-state index contributed by atoms with van der Waals surface area (Å²) in [6.07, 6.45) is 7.74. The van der Waals surface area contributed by atoms with Crippen molar-refractivity contribution in [1.82, 2.24) is 9.80 Å². The summed E-state index contributed by atoms with van der Waals surface area (Å²) in [7, 11) is 0. The van der Waals surface area contributed by atoms with Gasteiger partial charge in [0, 0.05) is 50.7 Å². The van der Waals surface area contributed by atoms with Crippen LogP contribution in [0.2, 0.25) is 0 Å². The van der Waals surface area contributed by atoms with Gasteiger partial charge in [-0.3, -0.25) is 14.4 Å². The maximum absolute atomic E-state index is 12.8. The molecule has 0 aliphatic carbocycles. The molecule has 7 heteroatoms. The molecular formula is C28H34N2O4S. The molecule has 3 heterocycles. The molecule has 0 saturated carbocycles. The molecule has 4 rings (SSSR count). The van der Waals surface area contributed by atoms with Gasteiger partial charge in [0.25, 0.3) is 0 Å². The van der Waals surface area contributed by atoms with E-state index in [1.54, 1.807) is 6.08 Å². The normalized spacial score (nSPS) is 17.3. The fourth-order valence-corrected chi connectivity index (χ4v) is 5.74. The summed E-state index contributed by atoms with van der Waals surface area (Å²) in [6.45, 7) is 5.51. The van der Waals surface area contributed by atoms with Crippen molar-refractivity contribution in [3.05, 3.63) is 58.3 Å². The first-order valence-electron chi connectivity index (χ1n) is 12.5. The van der Waals surface area contributed by atoms with Gasteiger partial charge in [-0.1, -0.05) is 24.3 Å². The zero-order valence-electron chi connectivity index (χ0n) is 20.4. The first-order chi connectivity index (χ1) is 17.0. The van der Waals surface area contributed by atoms with Crippen LogP contribution in [-0.4, -0.2) is 60.2 Å². The van der Waals surface area contributed by atoms with Crippen LogP contribution < -0.4 is 4.74 Å². The first-order valence-corrected chi connectivity index (χ1v) is 13.4. The highest BCUT2D eigenvalue weighted by atomic mass is 32.1. The van der Waals surface area contributed by atoms with Crippen LogP contribution in [0.4, 0.5) is 0 Å². The molecule has 2 saturated heterocycles. The number of likely N-dealkylation sites (tertiary alicyclic amines) is 2. The van der Waals surface area contributed by atoms with Gasteiger partial charge in [-0.05, 0) is 61.6 Å². The molecule has 0 radical (unpaired) electrons. The summed E-state index contributed by atoms with van der Waals surface area (Å²) in [5.74, 6) is 1.07. The smallest absolute Gasteiger partial charge is 0.246 e. The molecular weight excluding hydrogens is 460 g/mol. The molecule has 2 aromatic rings. The van der Waals surface area contributed by atoms with Crippen molar-refractivity contribution in [2.45, 2.75) is 45.4 Å². The minimum atomic E-state index is 0.0208. The van der Waals surface area contributed by atoms with Gasteiger partial charge >= 0.3 is 0 Å². The number of nitrogens with zero attached hydrogens (tertiary/aromatic N) is 2. The van der Waals surface area contributed by atoms with E-state index in [9.17, 15) is 14.4 Å². The molecule has 0 unspecified atom stereocenters. The molecule has 35 heavy (non-hydrogen) atoms. The number of rotatable bonds is 9. The number of hydrogen-bond acceptors (Lipinski definition) is 5. The van der Waals surface area contributed by atoms with Gasteiger partial charge in [0.15, 0.2) is 5.78 Å². The van der Waals surface area contributed by atoms with Crippen LogP contribution in [0.3, 0.4) is 0 Å². The van der Waals surface area contributed by atoms with E-state index in [0.29, 0.717) is 39.0 Å². The second kappa shape index (κ2) is 11.7. The predicted octanol–water partition coefficient (Wildman–Crippen LogP) is 5.05. The van der Waals surface area contributed by atoms with Crippen molar-refractivity contribution in [3.63, 3.8) is 0 Å². The molecule has 0 N–H and O–H groups in total. The van der Waals surface area contributed by atoms with Gasteiger partial charge in [0.1, 0.15) is 5.75 Å². The summed E-state index contributed by atoms with van der Waals surface area (Å²) < 4.78 is 5.64. The highest BCUT2D eigenvalue weighted by molar-refractivity contribution is 7.12. The van der Waals surface area contributed by atoms with Crippen LogP contribution in [0, 0.1) is 5.41 Å². The number of para-hydroxylation sites is 1. The molecule has 2 fully saturated rings. The summed E-state index contributed by atoms with van der Waals surface area (Å²) in [5.41, 5.74) is 1.02. The van der Waals surface area contributed by atoms with Crippen LogP contribution in [-0.2, 0) is 9.59 Å². The fourth-order valence-electron chi connectivity index (χ4n) is 5.05. The maximum Gasteiger partial charge on any atom is 0.246 e. The Morgan fingerprint density at radius 3 is 2.46 bits per heavy atom. The molecule has 0 atom stereocenters. The lowest BCUT2D eigenvalue weighted by Gasteiger charge is -2.39. The number of benzene rings is 1. The molecule has 2 amide bonds. The number of piperidine rings is 1. The second-order valence-corrected chi connectivity index (χ2v) is 10.4. The van der Waals surface area contributed by atoms with E-state index in [1.807, 2.05) is 64.6 Å². The number of carbonyl (C=O) groups excluding carboxylic acids is 3. The van der Waals surface area contributed by atoms with E-state index in [1.165, 1.54) is 11.3 Å². The Morgan fingerprint density at radius 1 is 1.00 bits per heavy atom. The number of ketones is 1. The molecule has 186 valence electrons. The van der Waals surface area contributed by atoms with E-state index < -0.39 is 0 Å². The van der Waals surface area contributed by atoms with E-state index in [0.717, 1.165) is 48.5 Å². The lowest BCUT2D eigenvalue weighted by atomic mass is 9.78. The third kappa shape index (κ3) is 6.40. The van der Waals surface area contributed by atoms with Crippen LogP contribution >= 0.6 is 11.3 Å². The van der Waals surface area contributed by atoms with E-state index in [4.69, 9.17) is 4.74 Å². The monoisotopic (exact) mass is 494 g/mol. The van der Waals surface area contributed by atoms with Gasteiger partial charge in [-0.25, -0.2) is 0 Å². The van der Waals surface area contributed by atoms with Crippen molar-refractivity contribution in [1.29, 1.82) is 0 Å². The Hall–Kier alpha value is -2.93. The van der Waals surface area contributed by atoms with Crippen LogP contribution in [0.5, 0.6) is 5.75 Å². The Balaban J connectivity index is 1.22. The third-order valence-corrected chi connectivity index (χ3v) is 8.05. The van der Waals surface area contributed by atoms with Crippen molar-refractivity contribution >= 4 is 35.0 Å². The van der Waals surface area contributed by atoms with Gasteiger partial charge in [-0.2, -0.15) is 0 Å². The van der Waals surface area contributed by atoms with Crippen molar-refractivity contribution in [2.75, 3.05) is 32.8 Å². The number of thiophene rings is 1. The second-order valence-electron chi connectivity index (χ2n) is 9.45. The summed E-state index contributed by atoms with van der Waals surface area (Å²) in [4.78, 5) is 42.3. The minimum absolute atomic E-state index is 0.0208. The lowest BCUT2D eigenvalue weighted by molar-refractivity contribution is -0.132. The predicted molar refractivity (Wildman–Crippen MR) is 139 cm³/mol. The summed E-state index contributed by atoms with van der Waals surface area (Å²) >= 11 is 1.45. The molecule has 2 aliphatic rings. The van der Waals surface area contributed by atoms with E-state index >= 15 is 0 Å². The van der Waals surface area contributed by atoms with Crippen molar-refractivity contribution in [2.24, 2.45) is 5.41 Å². The molecule has 1 aromatic heterocycles. The van der Waals surface area contributed by atoms with Gasteiger partial charge in [0.05, 0.1) is 11.5 Å². The van der Waals surface area contributed by atoms with Gasteiger partial charge < -0.3 is 14.5 Å². The van der Waals surface area contributed by atoms with E-state index in [-0.39, 0.29) is 23.0 Å². The maximum atomic E-state index is 12.8. The number of hydrogen-bond donors (Lipinski definition) is 0. The average molecular weight is 495 g/mol. The SMILES string of the molecule is CCOc1ccccc1C=CC(=O)N1CCC2(CC1)CCN(C(=O)CCCC(=O)c1cccs1)C2. The van der Waals surface area contributed by atoms with Crippen LogP contribution in [0.15, 0.2) is 47.9 Å². The van der Waals surface area contributed by atoms with Crippen LogP contribution in [0.1, 0.15) is 60.7 Å². The fraction of sp³-hybridized carbons (Fsp3) is 0.464. The highest BCUT2D eigenvalue weighted by Gasteiger charge is 2.42. The van der Waals surface area contributed by atoms with Gasteiger partial charge in [-0.15, -0.1) is 11.3 Å². The molecule has 6 nitrogen and oxygen atoms in total. The third-order valence-electron chi connectivity index (χ3n) is 7.14. The summed E-state index contributed by atoms with van der Waals surface area (Å²) in [6, 6.07) is 11.4. The minimum Gasteiger partial charge on any atom is -0.493 e. The summed E-state index contributed by atoms with van der Waals surface area (Å²) in [5, 5.41) is 1.90. The number of carbonyl (C=O) groups is 3. The zero-order valence-corrected chi connectivity index (χ0v) is 21.2. The standard InChI is InChI=1S/C28H34N2O4S/c1-2-34-24-9-4-3-7-22(24)12-13-27(33)29-17-14-28(15-18-29)16-19-30(21-28)26(32)11-5-8-23(31)25-10-6-20-35-25/h3-4,6-7,9-10,12-13,20H,2,5,8,11,14-19,21H2,1H3. The van der Waals surface area contributed by atoms with Crippen molar-refractivity contribution < 1.29 is 19.1 Å². The molecule has 1 spiro atoms. The van der Waals surface area contributed by atoms with E-state index in [2.05, 4.69) is 0 Å². The number of Topliss-reactive ketones (excluding diaryl/α,β-unsaturated/α-hetero) is 1. The Kier molecular flexibility index (Phi) is 8.39. The number of amides is 2. The largest absolute Gasteiger partial charge is 0.493 e. The Bertz CT molecular complexity index is 1050. The van der Waals surface area contributed by atoms with Crippen LogP contribution in [0.25, 0.3) is 6.08 Å². The highest BCUT2D eigenvalue weighted by Crippen LogP contribution is 2.40. The Labute approximate surface area is 211 Å². The molecule has 0 bridgehead atoms. The zero-order chi connectivity index (χ0) is 24.7. The quantitative estimate of drug-likeness (QED) is 0.361. The first kappa shape index (κ1) is 25.2. The molecule has 2 aliphatic heterocycles. The van der Waals surface area contributed by atoms with Crippen molar-refractivity contribution in [3.8, 4) is 5.75 Å². The van der Waals surface area contributed by atoms with Gasteiger partial charge in [0.2, 0.25) is 11.8 Å². The topological polar surface area (TPSA) is 66.9 Å². The lowest BCUT2D eigenvalue weighted by Crippen LogP contribution is -2.44. The average Bonchev–Trinajstić information content (AvgIpc) is 3.55. The number of ether oxygens (including phenoxy) is 1. The Morgan fingerprint density at radius 2 is 1.74 bits per heavy atom. The molecule has 1 aromatic carbocycles.